The molecule has 2 aliphatic rings. The highest BCUT2D eigenvalue weighted by atomic mass is 35.5. The summed E-state index contributed by atoms with van der Waals surface area (Å²) in [6.45, 7) is 1.62. The summed E-state index contributed by atoms with van der Waals surface area (Å²) >= 11 is 0. The molecule has 2 aromatic carbocycles. The molecule has 0 aromatic heterocycles. The van der Waals surface area contributed by atoms with Gasteiger partial charge in [0.25, 0.3) is 0 Å². The number of fused-ring (bicyclic) bond motifs is 2. The second-order valence-electron chi connectivity index (χ2n) is 9.19. The Balaban J connectivity index is 0.00000361. The van der Waals surface area contributed by atoms with Crippen LogP contribution in [0.5, 0.6) is 23.0 Å². The molecule has 1 unspecified atom stereocenters. The molecule has 196 valence electrons. The third kappa shape index (κ3) is 5.90. The zero-order chi connectivity index (χ0) is 24.9. The average Bonchev–Trinajstić information content (AvgIpc) is 3.03. The molecule has 36 heavy (non-hydrogen) atoms. The molecule has 1 aliphatic carbocycles. The molecular weight excluding hydrogens is 480 g/mol. The molecular formula is C28H37ClN2O5. The smallest absolute Gasteiger partial charge is 0.230 e. The molecule has 0 saturated carbocycles. The summed E-state index contributed by atoms with van der Waals surface area (Å²) in [6.07, 6.45) is 8.29. The Morgan fingerprint density at radius 2 is 1.47 bits per heavy atom. The van der Waals surface area contributed by atoms with Crippen LogP contribution in [0.4, 0.5) is 0 Å². The summed E-state index contributed by atoms with van der Waals surface area (Å²) in [5.41, 5.74) is 4.63. The minimum atomic E-state index is 0. The van der Waals surface area contributed by atoms with Crippen LogP contribution in [0.25, 0.3) is 6.08 Å². The van der Waals surface area contributed by atoms with Gasteiger partial charge in [-0.05, 0) is 91.9 Å². The molecule has 1 amide bonds. The van der Waals surface area contributed by atoms with E-state index in [9.17, 15) is 4.79 Å². The first-order chi connectivity index (χ1) is 17.0. The maximum Gasteiger partial charge on any atom is 0.230 e. The van der Waals surface area contributed by atoms with Crippen LogP contribution in [0, 0.1) is 0 Å². The van der Waals surface area contributed by atoms with E-state index in [1.54, 1.807) is 28.4 Å². The molecule has 0 bridgehead atoms. The minimum absolute atomic E-state index is 0. The summed E-state index contributed by atoms with van der Waals surface area (Å²) in [5, 5.41) is 0. The number of rotatable bonds is 9. The predicted molar refractivity (Wildman–Crippen MR) is 144 cm³/mol. The van der Waals surface area contributed by atoms with Crippen LogP contribution in [0.15, 0.2) is 30.5 Å². The van der Waals surface area contributed by atoms with Crippen LogP contribution in [0.3, 0.4) is 0 Å². The molecule has 4 rings (SSSR count). The lowest BCUT2D eigenvalue weighted by Gasteiger charge is -2.33. The summed E-state index contributed by atoms with van der Waals surface area (Å²) in [4.78, 5) is 17.2. The first-order valence-corrected chi connectivity index (χ1v) is 12.1. The number of carbonyl (C=O) groups excluding carboxylic acids is 1. The molecule has 0 fully saturated rings. The Bertz CT molecular complexity index is 1100. The summed E-state index contributed by atoms with van der Waals surface area (Å²) in [5.74, 6) is 3.00. The molecule has 0 N–H and O–H groups in total. The molecule has 0 radical (unpaired) electrons. The molecule has 1 atom stereocenters. The first kappa shape index (κ1) is 27.7. The van der Waals surface area contributed by atoms with Crippen molar-refractivity contribution in [2.24, 2.45) is 0 Å². The third-order valence-corrected chi connectivity index (χ3v) is 7.18. The number of benzene rings is 2. The van der Waals surface area contributed by atoms with Crippen molar-refractivity contribution in [1.82, 2.24) is 9.80 Å². The first-order valence-electron chi connectivity index (χ1n) is 12.1. The number of halogens is 1. The van der Waals surface area contributed by atoms with E-state index < -0.39 is 0 Å². The van der Waals surface area contributed by atoms with Gasteiger partial charge in [-0.1, -0.05) is 0 Å². The normalized spacial score (nSPS) is 16.6. The Labute approximate surface area is 220 Å². The standard InChI is InChI=1S/C28H36N2O5.ClH/c1-29(23-8-7-19-14-24(32-2)26(34-4)16-21(19)13-23)10-6-11-30-12-9-20-15-25(33-3)27(35-5)17-22(20)18-28(30)31;/h9,12,14-17,23H,6-8,10-11,13,18H2,1-5H3;1H. The van der Waals surface area contributed by atoms with Crippen LogP contribution in [-0.4, -0.2) is 70.3 Å². The summed E-state index contributed by atoms with van der Waals surface area (Å²) < 4.78 is 21.8. The van der Waals surface area contributed by atoms with E-state index in [-0.39, 0.29) is 18.3 Å². The van der Waals surface area contributed by atoms with Gasteiger partial charge in [0, 0.05) is 18.8 Å². The molecule has 1 aliphatic heterocycles. The van der Waals surface area contributed by atoms with Crippen LogP contribution in [0.2, 0.25) is 0 Å². The van der Waals surface area contributed by atoms with Crippen molar-refractivity contribution in [1.29, 1.82) is 0 Å². The number of ether oxygens (including phenoxy) is 4. The maximum atomic E-state index is 12.9. The van der Waals surface area contributed by atoms with Gasteiger partial charge in [-0.25, -0.2) is 0 Å². The SMILES string of the molecule is COc1cc2c(cc1OC)CC(=O)N(CCCN(C)C1CCc3cc(OC)c(OC)cc3C1)C=C2.Cl. The van der Waals surface area contributed by atoms with E-state index in [4.69, 9.17) is 18.9 Å². The van der Waals surface area contributed by atoms with Gasteiger partial charge in [0.2, 0.25) is 5.91 Å². The van der Waals surface area contributed by atoms with E-state index in [0.717, 1.165) is 54.9 Å². The van der Waals surface area contributed by atoms with Crippen LogP contribution >= 0.6 is 12.4 Å². The van der Waals surface area contributed by atoms with Gasteiger partial charge < -0.3 is 28.7 Å². The fourth-order valence-corrected chi connectivity index (χ4v) is 5.08. The van der Waals surface area contributed by atoms with Gasteiger partial charge in [-0.3, -0.25) is 4.79 Å². The molecule has 0 spiro atoms. The lowest BCUT2D eigenvalue weighted by atomic mass is 9.87. The Hall–Kier alpha value is -2.90. The largest absolute Gasteiger partial charge is 0.493 e. The summed E-state index contributed by atoms with van der Waals surface area (Å²) in [7, 11) is 8.78. The molecule has 8 heteroatoms. The monoisotopic (exact) mass is 516 g/mol. The van der Waals surface area contributed by atoms with Crippen molar-refractivity contribution in [2.45, 2.75) is 38.1 Å². The van der Waals surface area contributed by atoms with Crippen LogP contribution in [-0.2, 0) is 24.1 Å². The topological polar surface area (TPSA) is 60.5 Å². The highest BCUT2D eigenvalue weighted by Crippen LogP contribution is 2.35. The van der Waals surface area contributed by atoms with Gasteiger partial charge in [-0.15, -0.1) is 12.4 Å². The molecule has 2 aromatic rings. The second-order valence-corrected chi connectivity index (χ2v) is 9.19. The van der Waals surface area contributed by atoms with Crippen molar-refractivity contribution < 1.29 is 23.7 Å². The van der Waals surface area contributed by atoms with Crippen molar-refractivity contribution in [2.75, 3.05) is 48.6 Å². The van der Waals surface area contributed by atoms with Crippen LogP contribution < -0.4 is 18.9 Å². The number of nitrogens with zero attached hydrogens (tertiary/aromatic N) is 2. The Kier molecular flexibility index (Phi) is 9.51. The highest BCUT2D eigenvalue weighted by Gasteiger charge is 2.25. The fourth-order valence-electron chi connectivity index (χ4n) is 5.08. The van der Waals surface area contributed by atoms with Crippen molar-refractivity contribution in [3.8, 4) is 23.0 Å². The Morgan fingerprint density at radius 1 is 0.889 bits per heavy atom. The number of methoxy groups -OCH3 is 4. The van der Waals surface area contributed by atoms with Gasteiger partial charge in [0.05, 0.1) is 34.9 Å². The van der Waals surface area contributed by atoms with Crippen molar-refractivity contribution >= 4 is 24.4 Å². The minimum Gasteiger partial charge on any atom is -0.493 e. The van der Waals surface area contributed by atoms with Crippen molar-refractivity contribution in [3.63, 3.8) is 0 Å². The lowest BCUT2D eigenvalue weighted by molar-refractivity contribution is -0.127. The van der Waals surface area contributed by atoms with Gasteiger partial charge in [0.15, 0.2) is 23.0 Å². The zero-order valence-electron chi connectivity index (χ0n) is 21.8. The van der Waals surface area contributed by atoms with Crippen molar-refractivity contribution in [3.05, 3.63) is 52.7 Å². The fraction of sp³-hybridized carbons (Fsp3) is 0.464. The second kappa shape index (κ2) is 12.4. The van der Waals surface area contributed by atoms with E-state index in [1.165, 1.54) is 11.1 Å². The molecule has 0 saturated heterocycles. The van der Waals surface area contributed by atoms with E-state index in [1.807, 2.05) is 29.3 Å². The van der Waals surface area contributed by atoms with Gasteiger partial charge >= 0.3 is 0 Å². The quantitative estimate of drug-likeness (QED) is 0.493. The number of carbonyl (C=O) groups is 1. The van der Waals surface area contributed by atoms with E-state index in [0.29, 0.717) is 30.5 Å². The highest BCUT2D eigenvalue weighted by molar-refractivity contribution is 5.85. The molecule has 1 heterocycles. The maximum absolute atomic E-state index is 12.9. The van der Waals surface area contributed by atoms with Gasteiger partial charge in [-0.2, -0.15) is 0 Å². The third-order valence-electron chi connectivity index (χ3n) is 7.18. The Morgan fingerprint density at radius 3 is 2.11 bits per heavy atom. The van der Waals surface area contributed by atoms with E-state index >= 15 is 0 Å². The van der Waals surface area contributed by atoms with Crippen LogP contribution in [0.1, 0.15) is 35.1 Å². The predicted octanol–water partition coefficient (Wildman–Crippen LogP) is 4.38. The lowest BCUT2D eigenvalue weighted by Crippen LogP contribution is -2.38. The molecule has 7 nitrogen and oxygen atoms in total. The number of hydrogen-bond acceptors (Lipinski definition) is 6. The number of likely N-dealkylation sites (N-methyl/N-ethyl adjacent to an activating group) is 1. The average molecular weight is 517 g/mol. The number of amides is 1. The number of hydrogen-bond donors (Lipinski definition) is 0. The summed E-state index contributed by atoms with van der Waals surface area (Å²) in [6, 6.07) is 8.54. The number of aryl methyl sites for hydroxylation is 1. The van der Waals surface area contributed by atoms with Gasteiger partial charge in [0.1, 0.15) is 0 Å². The van der Waals surface area contributed by atoms with E-state index in [2.05, 4.69) is 24.1 Å². The zero-order valence-corrected chi connectivity index (χ0v) is 22.7.